The van der Waals surface area contributed by atoms with E-state index in [-0.39, 0.29) is 0 Å². The van der Waals surface area contributed by atoms with Crippen molar-refractivity contribution in [2.75, 3.05) is 0 Å². The molecule has 2 heteroatoms. The van der Waals surface area contributed by atoms with Crippen molar-refractivity contribution in [3.8, 4) is 11.3 Å². The summed E-state index contributed by atoms with van der Waals surface area (Å²) in [5, 5.41) is 0. The zero-order valence-electron chi connectivity index (χ0n) is 10.1. The SMILES string of the molecule is C1=CC(c2cncc(-c3ccccc3)n2)=CCC1. The fourth-order valence-electron chi connectivity index (χ4n) is 2.06. The molecule has 0 bridgehead atoms. The van der Waals surface area contributed by atoms with E-state index in [1.165, 1.54) is 5.57 Å². The fourth-order valence-corrected chi connectivity index (χ4v) is 2.06. The third kappa shape index (κ3) is 2.23. The lowest BCUT2D eigenvalue weighted by atomic mass is 10.0. The van der Waals surface area contributed by atoms with Crippen LogP contribution in [0, 0.1) is 0 Å². The average molecular weight is 234 g/mol. The van der Waals surface area contributed by atoms with Crippen molar-refractivity contribution in [3.05, 3.63) is 66.6 Å². The number of hydrogen-bond donors (Lipinski definition) is 0. The molecule has 1 aliphatic carbocycles. The molecule has 1 aliphatic rings. The molecular weight excluding hydrogens is 220 g/mol. The van der Waals surface area contributed by atoms with E-state index in [0.717, 1.165) is 29.8 Å². The predicted molar refractivity (Wildman–Crippen MR) is 73.8 cm³/mol. The minimum Gasteiger partial charge on any atom is -0.260 e. The fraction of sp³-hybridized carbons (Fsp3) is 0.125. The van der Waals surface area contributed by atoms with Crippen LogP contribution in [-0.2, 0) is 0 Å². The predicted octanol–water partition coefficient (Wildman–Crippen LogP) is 3.88. The van der Waals surface area contributed by atoms with Gasteiger partial charge in [0.15, 0.2) is 0 Å². The molecule has 18 heavy (non-hydrogen) atoms. The van der Waals surface area contributed by atoms with E-state index in [1.807, 2.05) is 30.6 Å². The van der Waals surface area contributed by atoms with E-state index in [9.17, 15) is 0 Å². The quantitative estimate of drug-likeness (QED) is 0.788. The lowest BCUT2D eigenvalue weighted by Crippen LogP contribution is -1.94. The van der Waals surface area contributed by atoms with Gasteiger partial charge < -0.3 is 0 Å². The molecule has 1 heterocycles. The summed E-state index contributed by atoms with van der Waals surface area (Å²) in [6.45, 7) is 0. The third-order valence-electron chi connectivity index (χ3n) is 2.99. The van der Waals surface area contributed by atoms with Crippen molar-refractivity contribution in [3.63, 3.8) is 0 Å². The first kappa shape index (κ1) is 10.9. The topological polar surface area (TPSA) is 25.8 Å². The van der Waals surface area contributed by atoms with Gasteiger partial charge in [0, 0.05) is 5.56 Å². The maximum Gasteiger partial charge on any atom is 0.0892 e. The highest BCUT2D eigenvalue weighted by molar-refractivity contribution is 5.73. The van der Waals surface area contributed by atoms with E-state index < -0.39 is 0 Å². The minimum atomic E-state index is 0.924. The van der Waals surface area contributed by atoms with E-state index in [1.54, 1.807) is 0 Å². The van der Waals surface area contributed by atoms with Crippen LogP contribution in [0.4, 0.5) is 0 Å². The number of aromatic nitrogens is 2. The van der Waals surface area contributed by atoms with Crippen molar-refractivity contribution < 1.29 is 0 Å². The molecule has 0 fully saturated rings. The Labute approximate surface area is 107 Å². The largest absolute Gasteiger partial charge is 0.260 e. The van der Waals surface area contributed by atoms with Gasteiger partial charge in [0.2, 0.25) is 0 Å². The molecule has 0 spiro atoms. The summed E-state index contributed by atoms with van der Waals surface area (Å²) in [6.07, 6.45) is 12.4. The van der Waals surface area contributed by atoms with Gasteiger partial charge >= 0.3 is 0 Å². The highest BCUT2D eigenvalue weighted by Gasteiger charge is 2.05. The van der Waals surface area contributed by atoms with E-state index in [0.29, 0.717) is 0 Å². The lowest BCUT2D eigenvalue weighted by molar-refractivity contribution is 1.03. The second-order valence-corrected chi connectivity index (χ2v) is 4.29. The van der Waals surface area contributed by atoms with Crippen molar-refractivity contribution in [1.29, 1.82) is 0 Å². The Kier molecular flexibility index (Phi) is 3.01. The second kappa shape index (κ2) is 4.96. The molecule has 2 aromatic rings. The van der Waals surface area contributed by atoms with Crippen LogP contribution in [0.3, 0.4) is 0 Å². The normalized spacial score (nSPS) is 14.3. The Morgan fingerprint density at radius 3 is 2.50 bits per heavy atom. The standard InChI is InChI=1S/C16H14N2/c1-3-7-13(8-4-1)15-11-17-12-16(18-15)14-9-5-2-6-10-14/h1,3-5,7-12H,2,6H2. The lowest BCUT2D eigenvalue weighted by Gasteiger charge is -2.07. The Balaban J connectivity index is 1.99. The van der Waals surface area contributed by atoms with E-state index in [4.69, 9.17) is 0 Å². The van der Waals surface area contributed by atoms with Crippen LogP contribution in [0.1, 0.15) is 18.5 Å². The molecule has 0 saturated heterocycles. The summed E-state index contributed by atoms with van der Waals surface area (Å²) in [7, 11) is 0. The van der Waals surface area contributed by atoms with Crippen LogP contribution >= 0.6 is 0 Å². The molecule has 2 nitrogen and oxygen atoms in total. The molecule has 1 aromatic carbocycles. The molecule has 0 N–H and O–H groups in total. The number of rotatable bonds is 2. The maximum absolute atomic E-state index is 4.68. The van der Waals surface area contributed by atoms with Crippen molar-refractivity contribution in [2.24, 2.45) is 0 Å². The van der Waals surface area contributed by atoms with Crippen LogP contribution in [0.15, 0.2) is 61.0 Å². The van der Waals surface area contributed by atoms with Crippen LogP contribution in [0.5, 0.6) is 0 Å². The molecule has 0 atom stereocenters. The van der Waals surface area contributed by atoms with Gasteiger partial charge in [0.25, 0.3) is 0 Å². The first-order valence-corrected chi connectivity index (χ1v) is 6.18. The van der Waals surface area contributed by atoms with Crippen LogP contribution in [0.25, 0.3) is 16.8 Å². The van der Waals surface area contributed by atoms with Gasteiger partial charge in [0.1, 0.15) is 0 Å². The van der Waals surface area contributed by atoms with Crippen LogP contribution < -0.4 is 0 Å². The van der Waals surface area contributed by atoms with Gasteiger partial charge in [-0.15, -0.1) is 0 Å². The first-order valence-electron chi connectivity index (χ1n) is 6.18. The van der Waals surface area contributed by atoms with E-state index in [2.05, 4.69) is 40.3 Å². The minimum absolute atomic E-state index is 0.924. The Morgan fingerprint density at radius 1 is 0.889 bits per heavy atom. The Morgan fingerprint density at radius 2 is 1.72 bits per heavy atom. The Bertz CT molecular complexity index is 598. The molecule has 0 unspecified atom stereocenters. The summed E-state index contributed by atoms with van der Waals surface area (Å²) in [5.41, 5.74) is 4.15. The number of nitrogens with zero attached hydrogens (tertiary/aromatic N) is 2. The molecule has 88 valence electrons. The van der Waals surface area contributed by atoms with Gasteiger partial charge in [-0.3, -0.25) is 4.98 Å². The van der Waals surface area contributed by atoms with Crippen molar-refractivity contribution >= 4 is 5.57 Å². The van der Waals surface area contributed by atoms with Crippen LogP contribution in [0.2, 0.25) is 0 Å². The van der Waals surface area contributed by atoms with Gasteiger partial charge in [0.05, 0.1) is 23.8 Å². The van der Waals surface area contributed by atoms with E-state index >= 15 is 0 Å². The highest BCUT2D eigenvalue weighted by atomic mass is 14.8. The summed E-state index contributed by atoms with van der Waals surface area (Å²) >= 11 is 0. The van der Waals surface area contributed by atoms with Crippen molar-refractivity contribution in [1.82, 2.24) is 9.97 Å². The summed E-state index contributed by atoms with van der Waals surface area (Å²) in [5.74, 6) is 0. The molecule has 0 aliphatic heterocycles. The zero-order chi connectivity index (χ0) is 12.2. The van der Waals surface area contributed by atoms with Gasteiger partial charge in [-0.05, 0) is 18.4 Å². The molecule has 1 aromatic heterocycles. The maximum atomic E-state index is 4.68. The second-order valence-electron chi connectivity index (χ2n) is 4.29. The van der Waals surface area contributed by atoms with Gasteiger partial charge in [-0.1, -0.05) is 48.6 Å². The third-order valence-corrected chi connectivity index (χ3v) is 2.99. The smallest absolute Gasteiger partial charge is 0.0892 e. The average Bonchev–Trinajstić information content (AvgIpc) is 2.49. The molecule has 0 saturated carbocycles. The molecule has 3 rings (SSSR count). The van der Waals surface area contributed by atoms with Crippen molar-refractivity contribution in [2.45, 2.75) is 12.8 Å². The number of allylic oxidation sites excluding steroid dienone is 4. The zero-order valence-corrected chi connectivity index (χ0v) is 10.1. The monoisotopic (exact) mass is 234 g/mol. The summed E-state index contributed by atoms with van der Waals surface area (Å²) in [4.78, 5) is 8.98. The molecule has 0 radical (unpaired) electrons. The molecular formula is C16H14N2. The summed E-state index contributed by atoms with van der Waals surface area (Å²) < 4.78 is 0. The van der Waals surface area contributed by atoms with Gasteiger partial charge in [-0.25, -0.2) is 4.98 Å². The number of benzene rings is 1. The van der Waals surface area contributed by atoms with Gasteiger partial charge in [-0.2, -0.15) is 0 Å². The molecule has 0 amide bonds. The number of hydrogen-bond acceptors (Lipinski definition) is 2. The Hall–Kier alpha value is -2.22. The highest BCUT2D eigenvalue weighted by Crippen LogP contribution is 2.22. The summed E-state index contributed by atoms with van der Waals surface area (Å²) in [6, 6.07) is 10.2. The first-order chi connectivity index (χ1) is 8.93. The van der Waals surface area contributed by atoms with Crippen LogP contribution in [-0.4, -0.2) is 9.97 Å².